The van der Waals surface area contributed by atoms with Gasteiger partial charge in [0, 0.05) is 0 Å². The minimum absolute atomic E-state index is 0.532. The second kappa shape index (κ2) is 6.61. The van der Waals surface area contributed by atoms with Crippen LogP contribution in [0.2, 0.25) is 0 Å². The van der Waals surface area contributed by atoms with Gasteiger partial charge in [-0.3, -0.25) is 9.59 Å². The van der Waals surface area contributed by atoms with Gasteiger partial charge in [0.2, 0.25) is 0 Å². The summed E-state index contributed by atoms with van der Waals surface area (Å²) in [6, 6.07) is -1.29. The molecule has 0 aromatic heterocycles. The molecule has 0 rings (SSSR count). The van der Waals surface area contributed by atoms with Crippen LogP contribution in [0, 0.1) is 0 Å². The molecular weight excluding hydrogens is 239 g/mol. The van der Waals surface area contributed by atoms with Crippen LogP contribution < -0.4 is 5.73 Å². The van der Waals surface area contributed by atoms with E-state index in [9.17, 15) is 22.8 Å². The Kier molecular flexibility index (Phi) is 6.85. The van der Waals surface area contributed by atoms with Crippen LogP contribution in [0.1, 0.15) is 6.42 Å². The van der Waals surface area contributed by atoms with Gasteiger partial charge in [-0.25, -0.2) is 4.79 Å². The van der Waals surface area contributed by atoms with Crippen LogP contribution in [0.5, 0.6) is 0 Å². The standard InChI is InChI=1S/C4H7NO4.C2HF3O2/c5-2(4(8)9)1-3(6)7;3-2(4,5)1(6)7/h2H,1,5H2,(H,6,7)(H,8,9);(H,6,7). The van der Waals surface area contributed by atoms with E-state index >= 15 is 0 Å². The fourth-order valence-corrected chi connectivity index (χ4v) is 0.275. The van der Waals surface area contributed by atoms with Crippen molar-refractivity contribution in [1.29, 1.82) is 0 Å². The summed E-state index contributed by atoms with van der Waals surface area (Å²) in [5, 5.41) is 23.2. The maximum absolute atomic E-state index is 10.6. The number of rotatable bonds is 3. The van der Waals surface area contributed by atoms with E-state index in [-0.39, 0.29) is 0 Å². The van der Waals surface area contributed by atoms with Crippen LogP contribution in [0.3, 0.4) is 0 Å². The van der Waals surface area contributed by atoms with E-state index in [0.717, 1.165) is 0 Å². The van der Waals surface area contributed by atoms with E-state index in [1.807, 2.05) is 0 Å². The summed E-state index contributed by atoms with van der Waals surface area (Å²) in [7, 11) is 0. The number of carboxylic acids is 3. The maximum atomic E-state index is 10.6. The maximum Gasteiger partial charge on any atom is 0.490 e. The summed E-state index contributed by atoms with van der Waals surface area (Å²) < 4.78 is 31.7. The fourth-order valence-electron chi connectivity index (χ4n) is 0.275. The molecule has 5 N–H and O–H groups in total. The van der Waals surface area contributed by atoms with Crippen molar-refractivity contribution in [1.82, 2.24) is 0 Å². The van der Waals surface area contributed by atoms with Gasteiger partial charge in [-0.15, -0.1) is 0 Å². The van der Waals surface area contributed by atoms with Crippen molar-refractivity contribution in [3.05, 3.63) is 0 Å². The molecule has 0 fully saturated rings. The van der Waals surface area contributed by atoms with Gasteiger partial charge in [-0.1, -0.05) is 0 Å². The van der Waals surface area contributed by atoms with E-state index in [1.165, 1.54) is 0 Å². The summed E-state index contributed by atoms with van der Waals surface area (Å²) in [5.41, 5.74) is 4.84. The van der Waals surface area contributed by atoms with Gasteiger partial charge < -0.3 is 21.1 Å². The molecular formula is C6H8F3NO6. The number of alkyl halides is 3. The third-order valence-electron chi connectivity index (χ3n) is 0.954. The Hall–Kier alpha value is -1.84. The van der Waals surface area contributed by atoms with E-state index < -0.39 is 36.5 Å². The van der Waals surface area contributed by atoms with Crippen LogP contribution in [0.4, 0.5) is 13.2 Å². The predicted molar refractivity (Wildman–Crippen MR) is 41.6 cm³/mol. The third-order valence-corrected chi connectivity index (χ3v) is 0.954. The molecule has 0 aliphatic rings. The fraction of sp³-hybridized carbons (Fsp3) is 0.500. The van der Waals surface area contributed by atoms with Crippen molar-refractivity contribution in [2.24, 2.45) is 5.73 Å². The summed E-state index contributed by atoms with van der Waals surface area (Å²) in [5.74, 6) is -5.25. The average molecular weight is 247 g/mol. The summed E-state index contributed by atoms with van der Waals surface area (Å²) >= 11 is 0. The molecule has 0 heterocycles. The molecule has 0 amide bonds. The lowest BCUT2D eigenvalue weighted by Crippen LogP contribution is -2.32. The number of carbonyl (C=O) groups is 3. The molecule has 10 heteroatoms. The quantitative estimate of drug-likeness (QED) is 0.527. The van der Waals surface area contributed by atoms with Crippen LogP contribution in [0.15, 0.2) is 0 Å². The van der Waals surface area contributed by atoms with Gasteiger partial charge >= 0.3 is 24.1 Å². The molecule has 0 aromatic carbocycles. The zero-order valence-corrected chi connectivity index (χ0v) is 7.56. The van der Waals surface area contributed by atoms with Crippen molar-refractivity contribution in [3.8, 4) is 0 Å². The molecule has 0 saturated carbocycles. The SMILES string of the molecule is NC(CC(=O)O)C(=O)O.O=C(O)C(F)(F)F. The molecule has 0 aromatic rings. The first kappa shape index (κ1) is 16.6. The smallest absolute Gasteiger partial charge is 0.481 e. The lowest BCUT2D eigenvalue weighted by molar-refractivity contribution is -0.192. The molecule has 0 aliphatic carbocycles. The number of carboxylic acid groups (broad SMARTS) is 3. The molecule has 0 saturated heterocycles. The zero-order chi connectivity index (χ0) is 13.5. The molecule has 0 aliphatic heterocycles. The molecule has 7 nitrogen and oxygen atoms in total. The van der Waals surface area contributed by atoms with Crippen LogP contribution in [-0.4, -0.2) is 45.4 Å². The first-order valence-corrected chi connectivity index (χ1v) is 3.48. The van der Waals surface area contributed by atoms with Crippen molar-refractivity contribution < 1.29 is 42.9 Å². The highest BCUT2D eigenvalue weighted by Gasteiger charge is 2.38. The normalized spacial score (nSPS) is 12.0. The molecule has 16 heavy (non-hydrogen) atoms. The number of hydrogen-bond acceptors (Lipinski definition) is 4. The largest absolute Gasteiger partial charge is 0.490 e. The van der Waals surface area contributed by atoms with Crippen molar-refractivity contribution in [2.45, 2.75) is 18.6 Å². The van der Waals surface area contributed by atoms with Crippen LogP contribution in [-0.2, 0) is 14.4 Å². The van der Waals surface area contributed by atoms with Gasteiger partial charge in [0.25, 0.3) is 0 Å². The third kappa shape index (κ3) is 10.2. The first-order valence-electron chi connectivity index (χ1n) is 3.48. The topological polar surface area (TPSA) is 138 Å². The molecule has 0 bridgehead atoms. The Morgan fingerprint density at radius 1 is 1.12 bits per heavy atom. The average Bonchev–Trinajstić information content (AvgIpc) is 2.01. The van der Waals surface area contributed by atoms with Gasteiger partial charge in [0.15, 0.2) is 0 Å². The van der Waals surface area contributed by atoms with E-state index in [1.54, 1.807) is 0 Å². The molecule has 1 unspecified atom stereocenters. The number of aliphatic carboxylic acids is 3. The Morgan fingerprint density at radius 2 is 1.44 bits per heavy atom. The molecule has 0 radical (unpaired) electrons. The van der Waals surface area contributed by atoms with Crippen molar-refractivity contribution in [2.75, 3.05) is 0 Å². The van der Waals surface area contributed by atoms with E-state index in [0.29, 0.717) is 0 Å². The second-order valence-electron chi connectivity index (χ2n) is 2.35. The monoisotopic (exact) mass is 247 g/mol. The predicted octanol–water partition coefficient (Wildman–Crippen LogP) is -0.494. The Balaban J connectivity index is 0. The number of halogens is 3. The first-order chi connectivity index (χ1) is 6.98. The van der Waals surface area contributed by atoms with Gasteiger partial charge in [-0.2, -0.15) is 13.2 Å². The highest BCUT2D eigenvalue weighted by Crippen LogP contribution is 2.13. The summed E-state index contributed by atoms with van der Waals surface area (Å²) in [6.07, 6.45) is -5.62. The molecule has 0 spiro atoms. The second-order valence-corrected chi connectivity index (χ2v) is 2.35. The Bertz CT molecular complexity index is 276. The Labute approximate surface area is 86.3 Å². The number of hydrogen-bond donors (Lipinski definition) is 4. The highest BCUT2D eigenvalue weighted by molar-refractivity contribution is 5.80. The van der Waals surface area contributed by atoms with Crippen LogP contribution in [0.25, 0.3) is 0 Å². The van der Waals surface area contributed by atoms with Crippen molar-refractivity contribution in [3.63, 3.8) is 0 Å². The van der Waals surface area contributed by atoms with Gasteiger partial charge in [-0.05, 0) is 0 Å². The minimum atomic E-state index is -5.08. The van der Waals surface area contributed by atoms with Gasteiger partial charge in [0.05, 0.1) is 6.42 Å². The molecule has 94 valence electrons. The summed E-state index contributed by atoms with van der Waals surface area (Å²) in [6.45, 7) is 0. The lowest BCUT2D eigenvalue weighted by Gasteiger charge is -1.99. The van der Waals surface area contributed by atoms with E-state index in [4.69, 9.17) is 25.8 Å². The van der Waals surface area contributed by atoms with E-state index in [2.05, 4.69) is 0 Å². The summed E-state index contributed by atoms with van der Waals surface area (Å²) in [4.78, 5) is 28.5. The van der Waals surface area contributed by atoms with Crippen LogP contribution >= 0.6 is 0 Å². The minimum Gasteiger partial charge on any atom is -0.481 e. The zero-order valence-electron chi connectivity index (χ0n) is 7.56. The number of nitrogens with two attached hydrogens (primary N) is 1. The highest BCUT2D eigenvalue weighted by atomic mass is 19.4. The molecule has 1 atom stereocenters. The van der Waals surface area contributed by atoms with Crippen molar-refractivity contribution >= 4 is 17.9 Å². The Morgan fingerprint density at radius 3 is 1.50 bits per heavy atom. The lowest BCUT2D eigenvalue weighted by atomic mass is 10.2. The van der Waals surface area contributed by atoms with Gasteiger partial charge in [0.1, 0.15) is 6.04 Å².